The van der Waals surface area contributed by atoms with Gasteiger partial charge in [0.15, 0.2) is 0 Å². The van der Waals surface area contributed by atoms with Crippen LogP contribution in [0, 0.1) is 5.41 Å². The largest absolute Gasteiger partial charge is 0.316 e. The average Bonchev–Trinajstić information content (AvgIpc) is 2.45. The Kier molecular flexibility index (Phi) is 8.72. The van der Waals surface area contributed by atoms with Crippen LogP contribution in [-0.4, -0.2) is 37.6 Å². The lowest BCUT2D eigenvalue weighted by atomic mass is 9.73. The van der Waals surface area contributed by atoms with Gasteiger partial charge in [0.05, 0.1) is 0 Å². The van der Waals surface area contributed by atoms with Crippen LogP contribution < -0.4 is 5.32 Å². The molecule has 2 nitrogen and oxygen atoms in total. The summed E-state index contributed by atoms with van der Waals surface area (Å²) in [5, 5.41) is 3.70. The Morgan fingerprint density at radius 2 is 1.74 bits per heavy atom. The first-order valence-electron chi connectivity index (χ1n) is 8.69. The van der Waals surface area contributed by atoms with E-state index in [4.69, 9.17) is 0 Å². The highest BCUT2D eigenvalue weighted by Gasteiger charge is 2.32. The van der Waals surface area contributed by atoms with Gasteiger partial charge in [-0.15, -0.1) is 0 Å². The molecule has 0 saturated heterocycles. The van der Waals surface area contributed by atoms with Crippen LogP contribution in [-0.2, 0) is 0 Å². The molecule has 0 aromatic rings. The molecule has 1 N–H and O–H groups in total. The van der Waals surface area contributed by atoms with Crippen molar-refractivity contribution in [2.24, 2.45) is 5.41 Å². The highest BCUT2D eigenvalue weighted by atomic mass is 15.1. The van der Waals surface area contributed by atoms with Gasteiger partial charge in [0.2, 0.25) is 0 Å². The van der Waals surface area contributed by atoms with Crippen LogP contribution in [0.3, 0.4) is 0 Å². The molecule has 0 bridgehead atoms. The molecule has 0 aliphatic heterocycles. The first-order valence-corrected chi connectivity index (χ1v) is 8.69. The van der Waals surface area contributed by atoms with Crippen LogP contribution >= 0.6 is 0 Å². The van der Waals surface area contributed by atoms with E-state index >= 15 is 0 Å². The van der Waals surface area contributed by atoms with Crippen molar-refractivity contribution < 1.29 is 0 Å². The summed E-state index contributed by atoms with van der Waals surface area (Å²) >= 11 is 0. The van der Waals surface area contributed by atoms with E-state index in [1.54, 1.807) is 0 Å². The monoisotopic (exact) mass is 268 g/mol. The molecular weight excluding hydrogens is 232 g/mol. The molecule has 2 heteroatoms. The van der Waals surface area contributed by atoms with E-state index in [-0.39, 0.29) is 0 Å². The summed E-state index contributed by atoms with van der Waals surface area (Å²) in [6.07, 6.45) is 11.1. The number of hydrogen-bond acceptors (Lipinski definition) is 2. The maximum atomic E-state index is 3.70. The van der Waals surface area contributed by atoms with Gasteiger partial charge >= 0.3 is 0 Å². The minimum absolute atomic E-state index is 0.567. The molecule has 1 fully saturated rings. The minimum atomic E-state index is 0.567. The second kappa shape index (κ2) is 9.77. The normalized spacial score (nSPS) is 18.9. The summed E-state index contributed by atoms with van der Waals surface area (Å²) in [6, 6.07) is 0. The van der Waals surface area contributed by atoms with Crippen molar-refractivity contribution in [2.45, 2.75) is 72.1 Å². The van der Waals surface area contributed by atoms with Crippen LogP contribution in [0.1, 0.15) is 72.1 Å². The van der Waals surface area contributed by atoms with E-state index in [0.29, 0.717) is 5.41 Å². The zero-order valence-electron chi connectivity index (χ0n) is 13.6. The fourth-order valence-electron chi connectivity index (χ4n) is 3.43. The van der Waals surface area contributed by atoms with Crippen molar-refractivity contribution in [1.82, 2.24) is 10.2 Å². The lowest BCUT2D eigenvalue weighted by Gasteiger charge is -2.41. The third-order valence-corrected chi connectivity index (χ3v) is 4.68. The lowest BCUT2D eigenvalue weighted by molar-refractivity contribution is 0.104. The smallest absolute Gasteiger partial charge is 0.00500 e. The first-order chi connectivity index (χ1) is 9.26. The molecule has 0 heterocycles. The third kappa shape index (κ3) is 6.27. The van der Waals surface area contributed by atoms with E-state index in [0.717, 1.165) is 0 Å². The summed E-state index contributed by atoms with van der Waals surface area (Å²) in [6.45, 7) is 13.1. The summed E-state index contributed by atoms with van der Waals surface area (Å²) in [4.78, 5) is 2.70. The Morgan fingerprint density at radius 3 is 2.32 bits per heavy atom. The molecule has 0 unspecified atom stereocenters. The van der Waals surface area contributed by atoms with E-state index in [1.165, 1.54) is 84.1 Å². The van der Waals surface area contributed by atoms with Crippen LogP contribution in [0.25, 0.3) is 0 Å². The zero-order chi connectivity index (χ0) is 14.0. The molecule has 0 amide bonds. The Labute approximate surface area is 121 Å². The van der Waals surface area contributed by atoms with Gasteiger partial charge in [-0.25, -0.2) is 0 Å². The fraction of sp³-hybridized carbons (Fsp3) is 1.00. The molecule has 0 radical (unpaired) electrons. The maximum Gasteiger partial charge on any atom is 0.00500 e. The van der Waals surface area contributed by atoms with Crippen LogP contribution in [0.4, 0.5) is 0 Å². The van der Waals surface area contributed by atoms with Gasteiger partial charge in [0, 0.05) is 13.1 Å². The van der Waals surface area contributed by atoms with E-state index in [2.05, 4.69) is 31.0 Å². The SMILES string of the molecule is CCCCN(CC)CC1(CNCCC)CCCCC1. The second-order valence-electron chi connectivity index (χ2n) is 6.46. The minimum Gasteiger partial charge on any atom is -0.316 e. The lowest BCUT2D eigenvalue weighted by Crippen LogP contribution is -2.45. The second-order valence-corrected chi connectivity index (χ2v) is 6.46. The molecule has 0 atom stereocenters. The molecular formula is C17H36N2. The summed E-state index contributed by atoms with van der Waals surface area (Å²) in [5.41, 5.74) is 0.567. The highest BCUT2D eigenvalue weighted by Crippen LogP contribution is 2.36. The number of rotatable bonds is 10. The highest BCUT2D eigenvalue weighted by molar-refractivity contribution is 4.87. The van der Waals surface area contributed by atoms with Crippen molar-refractivity contribution in [3.63, 3.8) is 0 Å². The third-order valence-electron chi connectivity index (χ3n) is 4.68. The Hall–Kier alpha value is -0.0800. The predicted octanol–water partition coefficient (Wildman–Crippen LogP) is 4.06. The quantitative estimate of drug-likeness (QED) is 0.601. The fourth-order valence-corrected chi connectivity index (χ4v) is 3.43. The van der Waals surface area contributed by atoms with Crippen molar-refractivity contribution in [3.05, 3.63) is 0 Å². The van der Waals surface area contributed by atoms with Crippen LogP contribution in [0.15, 0.2) is 0 Å². The van der Waals surface area contributed by atoms with E-state index < -0.39 is 0 Å². The number of nitrogens with zero attached hydrogens (tertiary/aromatic N) is 1. The van der Waals surface area contributed by atoms with Crippen molar-refractivity contribution in [1.29, 1.82) is 0 Å². The van der Waals surface area contributed by atoms with Gasteiger partial charge in [0.25, 0.3) is 0 Å². The van der Waals surface area contributed by atoms with Gasteiger partial charge in [-0.1, -0.05) is 46.5 Å². The first kappa shape index (κ1) is 17.0. The summed E-state index contributed by atoms with van der Waals surface area (Å²) in [5.74, 6) is 0. The van der Waals surface area contributed by atoms with E-state index in [9.17, 15) is 0 Å². The molecule has 114 valence electrons. The van der Waals surface area contributed by atoms with Crippen molar-refractivity contribution in [3.8, 4) is 0 Å². The van der Waals surface area contributed by atoms with Gasteiger partial charge < -0.3 is 10.2 Å². The molecule has 1 saturated carbocycles. The summed E-state index contributed by atoms with van der Waals surface area (Å²) < 4.78 is 0. The van der Waals surface area contributed by atoms with Gasteiger partial charge in [-0.05, 0) is 50.7 Å². The topological polar surface area (TPSA) is 15.3 Å². The number of unbranched alkanes of at least 4 members (excludes halogenated alkanes) is 1. The molecule has 19 heavy (non-hydrogen) atoms. The van der Waals surface area contributed by atoms with E-state index in [1.807, 2.05) is 0 Å². The Bertz CT molecular complexity index is 209. The van der Waals surface area contributed by atoms with Gasteiger partial charge in [-0.3, -0.25) is 0 Å². The number of nitrogens with one attached hydrogen (secondary N) is 1. The molecule has 1 aliphatic rings. The molecule has 0 aromatic heterocycles. The Balaban J connectivity index is 2.50. The standard InChI is InChI=1S/C17H36N2/c1-4-7-14-19(6-3)16-17(15-18-13-5-2)11-9-8-10-12-17/h18H,4-16H2,1-3H3. The summed E-state index contributed by atoms with van der Waals surface area (Å²) in [7, 11) is 0. The van der Waals surface area contributed by atoms with Gasteiger partial charge in [0.1, 0.15) is 0 Å². The van der Waals surface area contributed by atoms with Crippen molar-refractivity contribution >= 4 is 0 Å². The molecule has 1 aliphatic carbocycles. The zero-order valence-corrected chi connectivity index (χ0v) is 13.6. The van der Waals surface area contributed by atoms with Crippen molar-refractivity contribution in [2.75, 3.05) is 32.7 Å². The molecule has 1 rings (SSSR count). The van der Waals surface area contributed by atoms with Crippen LogP contribution in [0.5, 0.6) is 0 Å². The predicted molar refractivity (Wildman–Crippen MR) is 85.7 cm³/mol. The van der Waals surface area contributed by atoms with Crippen LogP contribution in [0.2, 0.25) is 0 Å². The van der Waals surface area contributed by atoms with Gasteiger partial charge in [-0.2, -0.15) is 0 Å². The number of hydrogen-bond donors (Lipinski definition) is 1. The molecule has 0 spiro atoms. The Morgan fingerprint density at radius 1 is 1.00 bits per heavy atom. The maximum absolute atomic E-state index is 3.70. The molecule has 0 aromatic carbocycles. The average molecular weight is 268 g/mol.